The second-order valence-electron chi connectivity index (χ2n) is 4.28. The highest BCUT2D eigenvalue weighted by atomic mass is 16.6. The van der Waals surface area contributed by atoms with Crippen LogP contribution in [0.1, 0.15) is 19.4 Å². The minimum atomic E-state index is -1.77. The minimum absolute atomic E-state index is 0.0250. The normalized spacial score (nSPS) is 13.4. The van der Waals surface area contributed by atoms with Gasteiger partial charge in [0, 0.05) is 11.8 Å². The van der Waals surface area contributed by atoms with Crippen LogP contribution in [0.3, 0.4) is 0 Å². The molecule has 0 aliphatic carbocycles. The maximum atomic E-state index is 11.7. The quantitative estimate of drug-likeness (QED) is 0.446. The van der Waals surface area contributed by atoms with Crippen molar-refractivity contribution in [2.75, 3.05) is 13.7 Å². The van der Waals surface area contributed by atoms with E-state index in [-0.39, 0.29) is 13.0 Å². The Morgan fingerprint density at radius 2 is 1.95 bits per heavy atom. The lowest BCUT2D eigenvalue weighted by Gasteiger charge is -2.19. The van der Waals surface area contributed by atoms with Crippen LogP contribution in [0, 0.1) is 10.1 Å². The Morgan fingerprint density at radius 1 is 1.37 bits per heavy atom. The Balaban J connectivity index is 2.94. The van der Waals surface area contributed by atoms with E-state index in [2.05, 4.69) is 0 Å². The number of benzene rings is 1. The smallest absolute Gasteiger partial charge is 0.384 e. The number of nitro groups is 1. The molecule has 0 aliphatic rings. The van der Waals surface area contributed by atoms with Crippen LogP contribution < -0.4 is 4.74 Å². The molecule has 0 fully saturated rings. The summed E-state index contributed by atoms with van der Waals surface area (Å²) in [6, 6.07) is 6.78. The summed E-state index contributed by atoms with van der Waals surface area (Å²) in [5.74, 6) is -0.168. The molecule has 1 atom stereocenters. The molecule has 1 aromatic rings. The van der Waals surface area contributed by atoms with Crippen molar-refractivity contribution >= 4 is 5.97 Å². The first-order valence-electron chi connectivity index (χ1n) is 5.88. The molecule has 19 heavy (non-hydrogen) atoms. The van der Waals surface area contributed by atoms with E-state index in [0.717, 1.165) is 0 Å². The fraction of sp³-hybridized carbons (Fsp3) is 0.462. The van der Waals surface area contributed by atoms with E-state index in [1.165, 1.54) is 14.0 Å². The highest BCUT2D eigenvalue weighted by Gasteiger charge is 2.47. The van der Waals surface area contributed by atoms with Gasteiger partial charge in [0.15, 0.2) is 0 Å². The fourth-order valence-electron chi connectivity index (χ4n) is 1.64. The first kappa shape index (κ1) is 14.9. The van der Waals surface area contributed by atoms with Gasteiger partial charge in [-0.15, -0.1) is 0 Å². The summed E-state index contributed by atoms with van der Waals surface area (Å²) >= 11 is 0. The molecule has 0 aliphatic heterocycles. The Kier molecular flexibility index (Phi) is 4.86. The van der Waals surface area contributed by atoms with Gasteiger partial charge in [0.25, 0.3) is 0 Å². The van der Waals surface area contributed by atoms with Crippen molar-refractivity contribution in [3.05, 3.63) is 39.9 Å². The molecule has 0 saturated heterocycles. The summed E-state index contributed by atoms with van der Waals surface area (Å²) in [4.78, 5) is 22.3. The Hall–Kier alpha value is -2.11. The molecule has 104 valence electrons. The average Bonchev–Trinajstić information content (AvgIpc) is 2.39. The maximum Gasteiger partial charge on any atom is 0.384 e. The van der Waals surface area contributed by atoms with Gasteiger partial charge in [0.2, 0.25) is 0 Å². The van der Waals surface area contributed by atoms with Gasteiger partial charge in [-0.25, -0.2) is 4.79 Å². The first-order valence-corrected chi connectivity index (χ1v) is 5.88. The highest BCUT2D eigenvalue weighted by Crippen LogP contribution is 2.21. The molecule has 0 radical (unpaired) electrons. The van der Waals surface area contributed by atoms with E-state index < -0.39 is 16.4 Å². The third-order valence-corrected chi connectivity index (χ3v) is 2.83. The van der Waals surface area contributed by atoms with E-state index in [0.29, 0.717) is 11.3 Å². The Labute approximate surface area is 111 Å². The minimum Gasteiger partial charge on any atom is -0.497 e. The lowest BCUT2D eigenvalue weighted by Crippen LogP contribution is -2.46. The summed E-state index contributed by atoms with van der Waals surface area (Å²) in [6.07, 6.45) is -0.0250. The van der Waals surface area contributed by atoms with Gasteiger partial charge in [0.05, 0.1) is 20.1 Å². The number of hydrogen-bond acceptors (Lipinski definition) is 5. The van der Waals surface area contributed by atoms with Crippen molar-refractivity contribution in [1.29, 1.82) is 0 Å². The number of methoxy groups -OCH3 is 1. The maximum absolute atomic E-state index is 11.7. The Bertz CT molecular complexity index is 457. The molecule has 0 heterocycles. The third-order valence-electron chi connectivity index (χ3n) is 2.83. The predicted molar refractivity (Wildman–Crippen MR) is 68.7 cm³/mol. The first-order chi connectivity index (χ1) is 8.93. The van der Waals surface area contributed by atoms with Crippen molar-refractivity contribution in [3.8, 4) is 5.75 Å². The molecule has 0 saturated carbocycles. The number of carbonyl (C=O) groups excluding carboxylic acids is 1. The standard InChI is InChI=1S/C13H17NO5/c1-4-19-12(15)13(2,14(16)17)9-10-5-7-11(18-3)8-6-10/h5-8H,4,9H2,1-3H3. The zero-order chi connectivity index (χ0) is 14.5. The van der Waals surface area contributed by atoms with Gasteiger partial charge < -0.3 is 9.47 Å². The van der Waals surface area contributed by atoms with Crippen molar-refractivity contribution < 1.29 is 19.2 Å². The van der Waals surface area contributed by atoms with Crippen molar-refractivity contribution in [2.45, 2.75) is 25.8 Å². The number of carbonyl (C=O) groups is 1. The average molecular weight is 267 g/mol. The van der Waals surface area contributed by atoms with E-state index in [1.807, 2.05) is 0 Å². The number of rotatable bonds is 6. The van der Waals surface area contributed by atoms with Crippen LogP contribution in [0.25, 0.3) is 0 Å². The third kappa shape index (κ3) is 3.43. The molecular formula is C13H17NO5. The lowest BCUT2D eigenvalue weighted by molar-refractivity contribution is -0.550. The number of nitrogens with zero attached hydrogens (tertiary/aromatic N) is 1. The van der Waals surface area contributed by atoms with E-state index in [1.54, 1.807) is 31.2 Å². The molecule has 6 nitrogen and oxygen atoms in total. The number of ether oxygens (including phenoxy) is 2. The lowest BCUT2D eigenvalue weighted by atomic mass is 9.93. The molecule has 0 spiro atoms. The summed E-state index contributed by atoms with van der Waals surface area (Å²) in [5, 5.41) is 11.1. The van der Waals surface area contributed by atoms with Gasteiger partial charge in [-0.1, -0.05) is 12.1 Å². The van der Waals surface area contributed by atoms with Crippen molar-refractivity contribution in [3.63, 3.8) is 0 Å². The van der Waals surface area contributed by atoms with Crippen LogP contribution in [0.4, 0.5) is 0 Å². The van der Waals surface area contributed by atoms with E-state index in [9.17, 15) is 14.9 Å². The topological polar surface area (TPSA) is 78.7 Å². The Morgan fingerprint density at radius 3 is 2.37 bits per heavy atom. The van der Waals surface area contributed by atoms with Crippen LogP contribution in [0.2, 0.25) is 0 Å². The number of esters is 1. The zero-order valence-corrected chi connectivity index (χ0v) is 11.2. The van der Waals surface area contributed by atoms with Gasteiger partial charge in [-0.3, -0.25) is 10.1 Å². The van der Waals surface area contributed by atoms with Gasteiger partial charge in [0.1, 0.15) is 5.75 Å². The fourth-order valence-corrected chi connectivity index (χ4v) is 1.64. The van der Waals surface area contributed by atoms with Crippen LogP contribution in [-0.2, 0) is 16.0 Å². The monoisotopic (exact) mass is 267 g/mol. The predicted octanol–water partition coefficient (Wildman–Crippen LogP) is 1.84. The van der Waals surface area contributed by atoms with Gasteiger partial charge in [-0.05, 0) is 24.6 Å². The molecule has 0 amide bonds. The molecular weight excluding hydrogens is 250 g/mol. The van der Waals surface area contributed by atoms with Crippen LogP contribution in [0.15, 0.2) is 24.3 Å². The number of hydrogen-bond donors (Lipinski definition) is 0. The van der Waals surface area contributed by atoms with Crippen LogP contribution in [0.5, 0.6) is 5.75 Å². The molecule has 0 bridgehead atoms. The van der Waals surface area contributed by atoms with E-state index >= 15 is 0 Å². The highest BCUT2D eigenvalue weighted by molar-refractivity contribution is 5.79. The molecule has 0 aromatic heterocycles. The van der Waals surface area contributed by atoms with Gasteiger partial charge in [-0.2, -0.15) is 0 Å². The summed E-state index contributed by atoms with van der Waals surface area (Å²) in [6.45, 7) is 3.01. The largest absolute Gasteiger partial charge is 0.497 e. The molecule has 1 rings (SSSR count). The zero-order valence-electron chi connectivity index (χ0n) is 11.2. The molecule has 6 heteroatoms. The van der Waals surface area contributed by atoms with E-state index in [4.69, 9.17) is 9.47 Å². The van der Waals surface area contributed by atoms with Gasteiger partial charge >= 0.3 is 11.5 Å². The SMILES string of the molecule is CCOC(=O)C(C)(Cc1ccc(OC)cc1)[N+](=O)[O-]. The second-order valence-corrected chi connectivity index (χ2v) is 4.28. The summed E-state index contributed by atoms with van der Waals surface area (Å²) in [5.41, 5.74) is -1.10. The molecule has 1 aromatic carbocycles. The summed E-state index contributed by atoms with van der Waals surface area (Å²) in [7, 11) is 1.54. The van der Waals surface area contributed by atoms with Crippen molar-refractivity contribution in [2.24, 2.45) is 0 Å². The molecule has 0 N–H and O–H groups in total. The van der Waals surface area contributed by atoms with Crippen LogP contribution in [-0.4, -0.2) is 30.1 Å². The molecule has 1 unspecified atom stereocenters. The second kappa shape index (κ2) is 6.17. The van der Waals surface area contributed by atoms with Crippen molar-refractivity contribution in [1.82, 2.24) is 0 Å². The van der Waals surface area contributed by atoms with Crippen LogP contribution >= 0.6 is 0 Å². The summed E-state index contributed by atoms with van der Waals surface area (Å²) < 4.78 is 9.79.